The Morgan fingerprint density at radius 3 is 2.50 bits per heavy atom. The SMILES string of the molecule is Br.Cc1cccc(C)c1NC1=NCCCS1. The summed E-state index contributed by atoms with van der Waals surface area (Å²) in [5.74, 6) is 1.18. The maximum absolute atomic E-state index is 4.48. The first-order valence-electron chi connectivity index (χ1n) is 5.28. The van der Waals surface area contributed by atoms with E-state index in [9.17, 15) is 0 Å². The van der Waals surface area contributed by atoms with Gasteiger partial charge in [-0.25, -0.2) is 0 Å². The average molecular weight is 301 g/mol. The van der Waals surface area contributed by atoms with Crippen molar-refractivity contribution < 1.29 is 0 Å². The monoisotopic (exact) mass is 300 g/mol. The molecule has 0 atom stereocenters. The van der Waals surface area contributed by atoms with Crippen molar-refractivity contribution in [2.45, 2.75) is 20.3 Å². The molecule has 1 aliphatic rings. The third kappa shape index (κ3) is 3.25. The smallest absolute Gasteiger partial charge is 0.161 e. The van der Waals surface area contributed by atoms with E-state index in [0.29, 0.717) is 0 Å². The van der Waals surface area contributed by atoms with Gasteiger partial charge in [0.2, 0.25) is 0 Å². The molecule has 0 fully saturated rings. The van der Waals surface area contributed by atoms with E-state index in [1.54, 1.807) is 0 Å². The molecule has 1 heterocycles. The number of thioether (sulfide) groups is 1. The van der Waals surface area contributed by atoms with Gasteiger partial charge in [0.25, 0.3) is 0 Å². The summed E-state index contributed by atoms with van der Waals surface area (Å²) >= 11 is 1.81. The van der Waals surface area contributed by atoms with E-state index in [1.165, 1.54) is 29.0 Å². The number of nitrogens with one attached hydrogen (secondary N) is 1. The van der Waals surface area contributed by atoms with Gasteiger partial charge in [-0.15, -0.1) is 17.0 Å². The van der Waals surface area contributed by atoms with Gasteiger partial charge in [0, 0.05) is 18.0 Å². The molecule has 0 spiro atoms. The molecule has 16 heavy (non-hydrogen) atoms. The molecule has 0 aliphatic carbocycles. The third-order valence-electron chi connectivity index (χ3n) is 2.51. The van der Waals surface area contributed by atoms with Crippen LogP contribution < -0.4 is 5.32 Å². The van der Waals surface area contributed by atoms with Gasteiger partial charge in [0.05, 0.1) is 0 Å². The Bertz CT molecular complexity index is 370. The minimum Gasteiger partial charge on any atom is -0.335 e. The molecular formula is C12H17BrN2S. The van der Waals surface area contributed by atoms with Crippen LogP contribution >= 0.6 is 28.7 Å². The maximum atomic E-state index is 4.48. The van der Waals surface area contributed by atoms with Gasteiger partial charge in [-0.05, 0) is 31.4 Å². The van der Waals surface area contributed by atoms with Crippen LogP contribution in [-0.4, -0.2) is 17.5 Å². The van der Waals surface area contributed by atoms with Crippen molar-refractivity contribution in [3.05, 3.63) is 29.3 Å². The molecule has 1 aromatic carbocycles. The number of hydrogen-bond donors (Lipinski definition) is 1. The summed E-state index contributed by atoms with van der Waals surface area (Å²) in [6.45, 7) is 5.22. The lowest BCUT2D eigenvalue weighted by atomic mass is 10.1. The van der Waals surface area contributed by atoms with Crippen LogP contribution in [-0.2, 0) is 0 Å². The van der Waals surface area contributed by atoms with Crippen LogP contribution in [0.1, 0.15) is 17.5 Å². The second-order valence-electron chi connectivity index (χ2n) is 3.78. The van der Waals surface area contributed by atoms with Crippen molar-refractivity contribution in [3.63, 3.8) is 0 Å². The Morgan fingerprint density at radius 2 is 1.94 bits per heavy atom. The summed E-state index contributed by atoms with van der Waals surface area (Å²) in [5.41, 5.74) is 3.78. The Kier molecular flexibility index (Phi) is 5.35. The molecule has 0 bridgehead atoms. The largest absolute Gasteiger partial charge is 0.335 e. The van der Waals surface area contributed by atoms with Crippen LogP contribution in [0.15, 0.2) is 23.2 Å². The standard InChI is InChI=1S/C12H16N2S.BrH/c1-9-5-3-6-10(2)11(9)14-12-13-7-4-8-15-12;/h3,5-6H,4,7-8H2,1-2H3,(H,13,14);1H. The lowest BCUT2D eigenvalue weighted by Gasteiger charge is -2.16. The third-order valence-corrected chi connectivity index (χ3v) is 3.51. The van der Waals surface area contributed by atoms with Gasteiger partial charge in [-0.3, -0.25) is 4.99 Å². The molecule has 1 aliphatic heterocycles. The quantitative estimate of drug-likeness (QED) is 0.853. The fourth-order valence-electron chi connectivity index (χ4n) is 1.65. The van der Waals surface area contributed by atoms with Crippen LogP contribution in [0.2, 0.25) is 0 Å². The van der Waals surface area contributed by atoms with E-state index >= 15 is 0 Å². The molecule has 1 N–H and O–H groups in total. The van der Waals surface area contributed by atoms with Gasteiger partial charge in [-0.2, -0.15) is 0 Å². The maximum Gasteiger partial charge on any atom is 0.161 e. The van der Waals surface area contributed by atoms with Crippen molar-refractivity contribution in [1.82, 2.24) is 0 Å². The Morgan fingerprint density at radius 1 is 1.25 bits per heavy atom. The lowest BCUT2D eigenvalue weighted by Crippen LogP contribution is -2.14. The number of aryl methyl sites for hydroxylation is 2. The van der Waals surface area contributed by atoms with Crippen molar-refractivity contribution in [2.24, 2.45) is 4.99 Å². The summed E-state index contributed by atoms with van der Waals surface area (Å²) in [7, 11) is 0. The van der Waals surface area contributed by atoms with Crippen molar-refractivity contribution >= 4 is 39.6 Å². The summed E-state index contributed by atoms with van der Waals surface area (Å²) < 4.78 is 0. The predicted molar refractivity (Wildman–Crippen MR) is 79.2 cm³/mol. The molecule has 2 rings (SSSR count). The molecular weight excluding hydrogens is 284 g/mol. The van der Waals surface area contributed by atoms with Crippen molar-refractivity contribution in [3.8, 4) is 0 Å². The highest BCUT2D eigenvalue weighted by atomic mass is 79.9. The first-order chi connectivity index (χ1) is 7.27. The van der Waals surface area contributed by atoms with Crippen LogP contribution in [0.25, 0.3) is 0 Å². The van der Waals surface area contributed by atoms with Crippen LogP contribution in [0.5, 0.6) is 0 Å². The Hall–Kier alpha value is -0.480. The molecule has 0 saturated heterocycles. The zero-order valence-electron chi connectivity index (χ0n) is 9.62. The predicted octanol–water partition coefficient (Wildman–Crippen LogP) is 3.79. The number of nitrogens with zero attached hydrogens (tertiary/aromatic N) is 1. The van der Waals surface area contributed by atoms with E-state index in [2.05, 4.69) is 42.4 Å². The van der Waals surface area contributed by atoms with Crippen LogP contribution in [0.3, 0.4) is 0 Å². The number of anilines is 1. The molecule has 0 unspecified atom stereocenters. The molecule has 0 amide bonds. The molecule has 2 nitrogen and oxygen atoms in total. The van der Waals surface area contributed by atoms with Gasteiger partial charge in [-0.1, -0.05) is 30.0 Å². The number of para-hydroxylation sites is 1. The zero-order valence-corrected chi connectivity index (χ0v) is 12.1. The zero-order chi connectivity index (χ0) is 10.7. The van der Waals surface area contributed by atoms with E-state index in [-0.39, 0.29) is 17.0 Å². The number of rotatable bonds is 1. The minimum absolute atomic E-state index is 0. The van der Waals surface area contributed by atoms with Crippen LogP contribution in [0.4, 0.5) is 5.69 Å². The van der Waals surface area contributed by atoms with Gasteiger partial charge in [0.15, 0.2) is 5.17 Å². The molecule has 4 heteroatoms. The number of aliphatic imine (C=N–C) groups is 1. The second kappa shape index (κ2) is 6.30. The highest BCUT2D eigenvalue weighted by Crippen LogP contribution is 2.22. The van der Waals surface area contributed by atoms with Crippen molar-refractivity contribution in [2.75, 3.05) is 17.6 Å². The van der Waals surface area contributed by atoms with Gasteiger partial charge >= 0.3 is 0 Å². The molecule has 88 valence electrons. The van der Waals surface area contributed by atoms with E-state index in [0.717, 1.165) is 11.7 Å². The summed E-state index contributed by atoms with van der Waals surface area (Å²) in [6, 6.07) is 6.35. The summed E-state index contributed by atoms with van der Waals surface area (Å²) in [4.78, 5) is 4.48. The normalized spacial score (nSPS) is 15.0. The van der Waals surface area contributed by atoms with Crippen molar-refractivity contribution in [1.29, 1.82) is 0 Å². The highest BCUT2D eigenvalue weighted by molar-refractivity contribution is 8.93. The highest BCUT2D eigenvalue weighted by Gasteiger charge is 2.08. The topological polar surface area (TPSA) is 24.4 Å². The average Bonchev–Trinajstić information content (AvgIpc) is 2.25. The summed E-state index contributed by atoms with van der Waals surface area (Å²) in [6.07, 6.45) is 1.20. The minimum atomic E-state index is 0. The van der Waals surface area contributed by atoms with E-state index in [4.69, 9.17) is 0 Å². The molecule has 0 radical (unpaired) electrons. The molecule has 0 saturated carbocycles. The first-order valence-corrected chi connectivity index (χ1v) is 6.26. The molecule has 0 aromatic heterocycles. The van der Waals surface area contributed by atoms with E-state index < -0.39 is 0 Å². The van der Waals surface area contributed by atoms with Gasteiger partial charge in [0.1, 0.15) is 0 Å². The fourth-order valence-corrected chi connectivity index (χ4v) is 2.48. The number of hydrogen-bond acceptors (Lipinski definition) is 3. The molecule has 1 aromatic rings. The number of amidine groups is 1. The van der Waals surface area contributed by atoms with E-state index in [1.807, 2.05) is 11.8 Å². The van der Waals surface area contributed by atoms with Gasteiger partial charge < -0.3 is 5.32 Å². The Labute approximate surface area is 112 Å². The first kappa shape index (κ1) is 13.6. The number of halogens is 1. The number of benzene rings is 1. The lowest BCUT2D eigenvalue weighted by molar-refractivity contribution is 0.938. The summed E-state index contributed by atoms with van der Waals surface area (Å²) in [5, 5.41) is 4.50. The Balaban J connectivity index is 0.00000128. The second-order valence-corrected chi connectivity index (χ2v) is 4.86. The fraction of sp³-hybridized carbons (Fsp3) is 0.417. The van der Waals surface area contributed by atoms with Crippen LogP contribution in [0, 0.1) is 13.8 Å².